The van der Waals surface area contributed by atoms with E-state index in [9.17, 15) is 18.0 Å². The van der Waals surface area contributed by atoms with Gasteiger partial charge in [-0.3, -0.25) is 4.79 Å². The molecule has 0 atom stereocenters. The van der Waals surface area contributed by atoms with Crippen LogP contribution in [0.4, 0.5) is 13.2 Å². The van der Waals surface area contributed by atoms with Crippen molar-refractivity contribution in [1.82, 2.24) is 14.9 Å². The van der Waals surface area contributed by atoms with E-state index in [1.165, 1.54) is 23.1 Å². The van der Waals surface area contributed by atoms with E-state index in [1.807, 2.05) is 0 Å². The standard InChI is InChI=1S/C20H14F3N3O2/c21-15-4-3-13(18(22)19(15)23)12-2-5-16-14(10-12)20(27)26(8-9-28-16)11-17-24-6-1-7-25-17/h1-7,10H,8-9,11H2. The highest BCUT2D eigenvalue weighted by atomic mass is 19.2. The zero-order chi connectivity index (χ0) is 19.7. The molecule has 1 aromatic heterocycles. The van der Waals surface area contributed by atoms with Crippen molar-refractivity contribution in [2.24, 2.45) is 0 Å². The van der Waals surface area contributed by atoms with Crippen LogP contribution in [0.1, 0.15) is 16.2 Å². The van der Waals surface area contributed by atoms with Crippen molar-refractivity contribution in [3.8, 4) is 16.9 Å². The van der Waals surface area contributed by atoms with Crippen LogP contribution < -0.4 is 4.74 Å². The first-order chi connectivity index (χ1) is 13.5. The SMILES string of the molecule is O=C1c2cc(-c3ccc(F)c(F)c3F)ccc2OCCN1Cc1ncccn1. The molecule has 142 valence electrons. The second kappa shape index (κ2) is 7.30. The lowest BCUT2D eigenvalue weighted by Crippen LogP contribution is -2.32. The Morgan fingerprint density at radius 2 is 1.79 bits per heavy atom. The van der Waals surface area contributed by atoms with E-state index in [4.69, 9.17) is 4.74 Å². The highest BCUT2D eigenvalue weighted by Gasteiger charge is 2.25. The fourth-order valence-corrected chi connectivity index (χ4v) is 3.01. The second-order valence-electron chi connectivity index (χ2n) is 6.17. The summed E-state index contributed by atoms with van der Waals surface area (Å²) in [6.45, 7) is 0.775. The Bertz CT molecular complexity index is 1040. The van der Waals surface area contributed by atoms with E-state index < -0.39 is 17.5 Å². The molecule has 28 heavy (non-hydrogen) atoms. The van der Waals surface area contributed by atoms with Gasteiger partial charge in [-0.25, -0.2) is 23.1 Å². The van der Waals surface area contributed by atoms with E-state index in [2.05, 4.69) is 9.97 Å². The van der Waals surface area contributed by atoms with Crippen LogP contribution in [0.2, 0.25) is 0 Å². The molecule has 2 heterocycles. The van der Waals surface area contributed by atoms with E-state index in [-0.39, 0.29) is 35.7 Å². The summed E-state index contributed by atoms with van der Waals surface area (Å²) in [5.41, 5.74) is 0.302. The van der Waals surface area contributed by atoms with Gasteiger partial charge in [0.25, 0.3) is 5.91 Å². The van der Waals surface area contributed by atoms with Gasteiger partial charge in [-0.15, -0.1) is 0 Å². The van der Waals surface area contributed by atoms with Gasteiger partial charge >= 0.3 is 0 Å². The molecular weight excluding hydrogens is 371 g/mol. The molecule has 0 N–H and O–H groups in total. The Balaban J connectivity index is 1.71. The van der Waals surface area contributed by atoms with Crippen LogP contribution in [0.15, 0.2) is 48.8 Å². The predicted molar refractivity (Wildman–Crippen MR) is 94.0 cm³/mol. The first-order valence-corrected chi connectivity index (χ1v) is 8.50. The number of benzene rings is 2. The van der Waals surface area contributed by atoms with Crippen LogP contribution in [0.25, 0.3) is 11.1 Å². The fraction of sp³-hybridized carbons (Fsp3) is 0.150. The summed E-state index contributed by atoms with van der Waals surface area (Å²) in [6, 6.07) is 8.08. The minimum atomic E-state index is -1.56. The smallest absolute Gasteiger partial charge is 0.258 e. The second-order valence-corrected chi connectivity index (χ2v) is 6.17. The zero-order valence-corrected chi connectivity index (χ0v) is 14.5. The summed E-state index contributed by atoms with van der Waals surface area (Å²) >= 11 is 0. The number of carbonyl (C=O) groups excluding carboxylic acids is 1. The molecule has 0 radical (unpaired) electrons. The molecule has 1 aliphatic heterocycles. The van der Waals surface area contributed by atoms with E-state index >= 15 is 0 Å². The fourth-order valence-electron chi connectivity index (χ4n) is 3.01. The summed E-state index contributed by atoms with van der Waals surface area (Å²) in [5.74, 6) is -3.67. The van der Waals surface area contributed by atoms with Crippen LogP contribution in [0.5, 0.6) is 5.75 Å². The number of carbonyl (C=O) groups is 1. The van der Waals surface area contributed by atoms with Crippen molar-refractivity contribution in [2.45, 2.75) is 6.54 Å². The Morgan fingerprint density at radius 3 is 2.57 bits per heavy atom. The quantitative estimate of drug-likeness (QED) is 0.647. The molecule has 8 heteroatoms. The third kappa shape index (κ3) is 3.28. The Kier molecular flexibility index (Phi) is 4.68. The summed E-state index contributed by atoms with van der Waals surface area (Å²) in [6.07, 6.45) is 3.16. The molecule has 0 unspecified atom stereocenters. The largest absolute Gasteiger partial charge is 0.491 e. The first kappa shape index (κ1) is 18.0. The molecule has 0 saturated carbocycles. The van der Waals surface area contributed by atoms with Crippen molar-refractivity contribution in [1.29, 1.82) is 0 Å². The van der Waals surface area contributed by atoms with Crippen molar-refractivity contribution in [3.05, 3.63) is 77.6 Å². The van der Waals surface area contributed by atoms with Crippen molar-refractivity contribution in [2.75, 3.05) is 13.2 Å². The van der Waals surface area contributed by atoms with Gasteiger partial charge in [0.1, 0.15) is 18.2 Å². The average Bonchev–Trinajstić information content (AvgIpc) is 2.86. The van der Waals surface area contributed by atoms with Crippen LogP contribution in [0, 0.1) is 17.5 Å². The third-order valence-corrected chi connectivity index (χ3v) is 4.41. The van der Waals surface area contributed by atoms with Gasteiger partial charge in [-0.2, -0.15) is 0 Å². The lowest BCUT2D eigenvalue weighted by atomic mass is 10.0. The summed E-state index contributed by atoms with van der Waals surface area (Å²) in [7, 11) is 0. The predicted octanol–water partition coefficient (Wildman–Crippen LogP) is 3.60. The molecule has 0 saturated heterocycles. The molecule has 0 fully saturated rings. The number of amides is 1. The molecule has 0 spiro atoms. The van der Waals surface area contributed by atoms with Crippen LogP contribution in [0.3, 0.4) is 0 Å². The first-order valence-electron chi connectivity index (χ1n) is 8.50. The van der Waals surface area contributed by atoms with Gasteiger partial charge in [0.2, 0.25) is 0 Å². The maximum atomic E-state index is 14.2. The maximum absolute atomic E-state index is 14.2. The Hall–Kier alpha value is -3.42. The number of hydrogen-bond acceptors (Lipinski definition) is 4. The number of hydrogen-bond donors (Lipinski definition) is 0. The number of ether oxygens (including phenoxy) is 1. The van der Waals surface area contributed by atoms with Gasteiger partial charge in [0, 0.05) is 18.0 Å². The van der Waals surface area contributed by atoms with E-state index in [0.717, 1.165) is 12.1 Å². The number of aromatic nitrogens is 2. The number of rotatable bonds is 3. The molecule has 5 nitrogen and oxygen atoms in total. The number of fused-ring (bicyclic) bond motifs is 1. The van der Waals surface area contributed by atoms with Gasteiger partial charge in [-0.05, 0) is 35.9 Å². The minimum Gasteiger partial charge on any atom is -0.491 e. The Morgan fingerprint density at radius 1 is 1.00 bits per heavy atom. The van der Waals surface area contributed by atoms with Crippen LogP contribution in [-0.2, 0) is 6.54 Å². The van der Waals surface area contributed by atoms with Gasteiger partial charge in [0.05, 0.1) is 18.7 Å². The van der Waals surface area contributed by atoms with Gasteiger partial charge in [-0.1, -0.05) is 6.07 Å². The highest BCUT2D eigenvalue weighted by molar-refractivity contribution is 5.98. The molecule has 1 aliphatic rings. The Labute approximate surface area is 158 Å². The molecule has 3 aromatic rings. The summed E-state index contributed by atoms with van der Waals surface area (Å²) in [4.78, 5) is 22.7. The zero-order valence-electron chi connectivity index (χ0n) is 14.5. The van der Waals surface area contributed by atoms with Gasteiger partial charge < -0.3 is 9.64 Å². The third-order valence-electron chi connectivity index (χ3n) is 4.41. The monoisotopic (exact) mass is 385 g/mol. The molecule has 2 aromatic carbocycles. The molecular formula is C20H14F3N3O2. The summed E-state index contributed by atoms with van der Waals surface area (Å²) < 4.78 is 46.6. The lowest BCUT2D eigenvalue weighted by molar-refractivity contribution is 0.0738. The normalized spacial score (nSPS) is 13.7. The topological polar surface area (TPSA) is 55.3 Å². The van der Waals surface area contributed by atoms with Crippen molar-refractivity contribution < 1.29 is 22.7 Å². The van der Waals surface area contributed by atoms with Crippen LogP contribution >= 0.6 is 0 Å². The molecule has 0 aliphatic carbocycles. The lowest BCUT2D eigenvalue weighted by Gasteiger charge is -2.19. The molecule has 0 bridgehead atoms. The number of halogens is 3. The molecule has 1 amide bonds. The maximum Gasteiger partial charge on any atom is 0.258 e. The molecule has 4 rings (SSSR count). The minimum absolute atomic E-state index is 0.142. The van der Waals surface area contributed by atoms with E-state index in [1.54, 1.807) is 18.5 Å². The van der Waals surface area contributed by atoms with E-state index in [0.29, 0.717) is 18.1 Å². The number of nitrogens with zero attached hydrogens (tertiary/aromatic N) is 3. The van der Waals surface area contributed by atoms with Gasteiger partial charge in [0.15, 0.2) is 17.5 Å². The average molecular weight is 385 g/mol. The van der Waals surface area contributed by atoms with Crippen molar-refractivity contribution >= 4 is 5.91 Å². The summed E-state index contributed by atoms with van der Waals surface area (Å²) in [5, 5.41) is 0. The highest BCUT2D eigenvalue weighted by Crippen LogP contribution is 2.32. The van der Waals surface area contributed by atoms with Crippen molar-refractivity contribution in [3.63, 3.8) is 0 Å². The van der Waals surface area contributed by atoms with Crippen LogP contribution in [-0.4, -0.2) is 33.9 Å².